The molecule has 0 bridgehead atoms. The highest BCUT2D eigenvalue weighted by Gasteiger charge is 2.20. The normalized spacial score (nSPS) is 20.3. The third-order valence-electron chi connectivity index (χ3n) is 2.43. The first-order valence-electron chi connectivity index (χ1n) is 5.86. The van der Waals surface area contributed by atoms with E-state index >= 15 is 0 Å². The molecule has 0 aromatic heterocycles. The van der Waals surface area contributed by atoms with Crippen molar-refractivity contribution < 1.29 is 4.79 Å². The second kappa shape index (κ2) is 9.26. The number of nitrogens with zero attached hydrogens (tertiary/aromatic N) is 1. The van der Waals surface area contributed by atoms with E-state index in [1.807, 2.05) is 13.8 Å². The SMILES string of the molecule is CC.CN(CCP)CCC1CC(=O)CN1. The summed E-state index contributed by atoms with van der Waals surface area (Å²) < 4.78 is 0. The average Bonchev–Trinajstić information content (AvgIpc) is 2.65. The Morgan fingerprint density at radius 2 is 2.13 bits per heavy atom. The van der Waals surface area contributed by atoms with Crippen molar-refractivity contribution in [2.24, 2.45) is 0 Å². The Kier molecular flexibility index (Phi) is 9.27. The molecule has 0 amide bonds. The van der Waals surface area contributed by atoms with Crippen molar-refractivity contribution in [3.63, 3.8) is 0 Å². The molecule has 0 radical (unpaired) electrons. The lowest BCUT2D eigenvalue weighted by Crippen LogP contribution is -2.29. The van der Waals surface area contributed by atoms with Gasteiger partial charge >= 0.3 is 0 Å². The van der Waals surface area contributed by atoms with Gasteiger partial charge in [-0.15, -0.1) is 9.24 Å². The number of Topliss-reactive ketones (excluding diaryl/α,β-unsaturated/α-hetero) is 1. The maximum absolute atomic E-state index is 10.9. The molecule has 0 aliphatic carbocycles. The maximum atomic E-state index is 10.9. The highest BCUT2D eigenvalue weighted by molar-refractivity contribution is 7.16. The Morgan fingerprint density at radius 3 is 2.60 bits per heavy atom. The summed E-state index contributed by atoms with van der Waals surface area (Å²) in [5.74, 6) is 0.360. The van der Waals surface area contributed by atoms with Gasteiger partial charge in [0.1, 0.15) is 5.78 Å². The topological polar surface area (TPSA) is 32.3 Å². The fraction of sp³-hybridized carbons (Fsp3) is 0.909. The molecule has 3 nitrogen and oxygen atoms in total. The van der Waals surface area contributed by atoms with Crippen LogP contribution in [-0.2, 0) is 4.79 Å². The molecule has 1 N–H and O–H groups in total. The Hall–Kier alpha value is 0.0200. The van der Waals surface area contributed by atoms with Crippen molar-refractivity contribution in [2.45, 2.75) is 32.7 Å². The number of hydrogen-bond donors (Lipinski definition) is 1. The molecule has 2 unspecified atom stereocenters. The smallest absolute Gasteiger partial charge is 0.148 e. The van der Waals surface area contributed by atoms with E-state index in [-0.39, 0.29) is 0 Å². The van der Waals surface area contributed by atoms with Crippen molar-refractivity contribution in [3.05, 3.63) is 0 Å². The third-order valence-corrected chi connectivity index (χ3v) is 2.69. The van der Waals surface area contributed by atoms with Gasteiger partial charge in [0.25, 0.3) is 0 Å². The van der Waals surface area contributed by atoms with Crippen LogP contribution in [0.1, 0.15) is 26.7 Å². The van der Waals surface area contributed by atoms with E-state index in [2.05, 4.69) is 26.5 Å². The summed E-state index contributed by atoms with van der Waals surface area (Å²) in [4.78, 5) is 13.2. The molecule has 1 saturated heterocycles. The van der Waals surface area contributed by atoms with Crippen LogP contribution in [0.5, 0.6) is 0 Å². The molecule has 1 fully saturated rings. The predicted molar refractivity (Wildman–Crippen MR) is 69.5 cm³/mol. The second-order valence-electron chi connectivity index (χ2n) is 3.70. The van der Waals surface area contributed by atoms with Gasteiger partial charge in [0.15, 0.2) is 0 Å². The van der Waals surface area contributed by atoms with Crippen LogP contribution < -0.4 is 5.32 Å². The fourth-order valence-electron chi connectivity index (χ4n) is 1.59. The van der Waals surface area contributed by atoms with E-state index in [1.54, 1.807) is 0 Å². The molecule has 4 heteroatoms. The zero-order valence-corrected chi connectivity index (χ0v) is 11.4. The summed E-state index contributed by atoms with van der Waals surface area (Å²) >= 11 is 0. The largest absolute Gasteiger partial charge is 0.307 e. The first-order valence-corrected chi connectivity index (χ1v) is 6.67. The van der Waals surface area contributed by atoms with Crippen molar-refractivity contribution >= 4 is 15.0 Å². The van der Waals surface area contributed by atoms with E-state index in [0.717, 1.165) is 32.1 Å². The van der Waals surface area contributed by atoms with Crippen LogP contribution in [0.25, 0.3) is 0 Å². The molecule has 1 aliphatic rings. The molecule has 0 saturated carbocycles. The minimum atomic E-state index is 0.360. The van der Waals surface area contributed by atoms with Gasteiger partial charge in [-0.3, -0.25) is 4.79 Å². The van der Waals surface area contributed by atoms with Crippen LogP contribution in [-0.4, -0.2) is 49.6 Å². The lowest BCUT2D eigenvalue weighted by Gasteiger charge is -2.17. The molecule has 0 spiro atoms. The first-order chi connectivity index (χ1) is 7.22. The third kappa shape index (κ3) is 6.99. The summed E-state index contributed by atoms with van der Waals surface area (Å²) in [6, 6.07) is 0.430. The lowest BCUT2D eigenvalue weighted by molar-refractivity contribution is -0.116. The summed E-state index contributed by atoms with van der Waals surface area (Å²) in [6.07, 6.45) is 2.94. The van der Waals surface area contributed by atoms with Gasteiger partial charge < -0.3 is 10.2 Å². The molecule has 0 aromatic carbocycles. The van der Waals surface area contributed by atoms with E-state index < -0.39 is 0 Å². The van der Waals surface area contributed by atoms with E-state index in [9.17, 15) is 4.79 Å². The average molecular weight is 232 g/mol. The molecule has 1 rings (SSSR count). The van der Waals surface area contributed by atoms with Crippen molar-refractivity contribution in [3.8, 4) is 0 Å². The van der Waals surface area contributed by atoms with Crippen LogP contribution in [0.3, 0.4) is 0 Å². The molecule has 90 valence electrons. The van der Waals surface area contributed by atoms with Gasteiger partial charge in [0, 0.05) is 19.0 Å². The summed E-state index contributed by atoms with van der Waals surface area (Å²) in [6.45, 7) is 6.78. The Morgan fingerprint density at radius 1 is 1.47 bits per heavy atom. The predicted octanol–water partition coefficient (Wildman–Crippen LogP) is 1.14. The van der Waals surface area contributed by atoms with Gasteiger partial charge in [0.05, 0.1) is 6.54 Å². The van der Waals surface area contributed by atoms with Crippen LogP contribution in [0.15, 0.2) is 0 Å². The number of hydrogen-bond acceptors (Lipinski definition) is 3. The highest BCUT2D eigenvalue weighted by Crippen LogP contribution is 2.06. The zero-order valence-electron chi connectivity index (χ0n) is 10.3. The molecule has 2 atom stereocenters. The van der Waals surface area contributed by atoms with Crippen molar-refractivity contribution in [1.29, 1.82) is 0 Å². The maximum Gasteiger partial charge on any atom is 0.148 e. The van der Waals surface area contributed by atoms with Crippen molar-refractivity contribution in [1.82, 2.24) is 10.2 Å². The molecule has 1 aliphatic heterocycles. The van der Waals surface area contributed by atoms with Gasteiger partial charge in [-0.2, -0.15) is 0 Å². The van der Waals surface area contributed by atoms with E-state index in [1.165, 1.54) is 0 Å². The van der Waals surface area contributed by atoms with Crippen LogP contribution in [0, 0.1) is 0 Å². The minimum Gasteiger partial charge on any atom is -0.307 e. The van der Waals surface area contributed by atoms with Crippen LogP contribution >= 0.6 is 9.24 Å². The van der Waals surface area contributed by atoms with Gasteiger partial charge in [-0.1, -0.05) is 13.8 Å². The number of carbonyl (C=O) groups excluding carboxylic acids is 1. The van der Waals surface area contributed by atoms with E-state index in [4.69, 9.17) is 0 Å². The number of rotatable bonds is 5. The second-order valence-corrected chi connectivity index (χ2v) is 4.28. The number of ketones is 1. The number of carbonyl (C=O) groups is 1. The lowest BCUT2D eigenvalue weighted by atomic mass is 10.1. The summed E-state index contributed by atoms with van der Waals surface area (Å²) in [5, 5.41) is 3.22. The molecule has 15 heavy (non-hydrogen) atoms. The zero-order chi connectivity index (χ0) is 11.7. The van der Waals surface area contributed by atoms with Crippen molar-refractivity contribution in [2.75, 3.05) is 32.8 Å². The molecular formula is C11H25N2OP. The Bertz CT molecular complexity index is 176. The highest BCUT2D eigenvalue weighted by atomic mass is 31.0. The summed E-state index contributed by atoms with van der Waals surface area (Å²) in [5.41, 5.74) is 0. The molecular weight excluding hydrogens is 207 g/mol. The molecule has 1 heterocycles. The van der Waals surface area contributed by atoms with Crippen LogP contribution in [0.4, 0.5) is 0 Å². The standard InChI is InChI=1S/C9H19N2OP.C2H6/c1-11(4-5-13)3-2-8-6-9(12)7-10-8;1-2/h8,10H,2-7,13H2,1H3;1-2H3. The van der Waals surface area contributed by atoms with Gasteiger partial charge in [-0.25, -0.2) is 0 Å². The quantitative estimate of drug-likeness (QED) is 0.721. The minimum absolute atomic E-state index is 0.360. The summed E-state index contributed by atoms with van der Waals surface area (Å²) in [7, 11) is 4.85. The Balaban J connectivity index is 0.000000921. The Labute approximate surface area is 96.2 Å². The molecule has 0 aromatic rings. The first kappa shape index (κ1) is 15.0. The van der Waals surface area contributed by atoms with Crippen LogP contribution in [0.2, 0.25) is 0 Å². The number of nitrogens with one attached hydrogen (secondary N) is 1. The monoisotopic (exact) mass is 232 g/mol. The van der Waals surface area contributed by atoms with E-state index in [0.29, 0.717) is 18.4 Å². The van der Waals surface area contributed by atoms with Gasteiger partial charge in [-0.05, 0) is 26.2 Å². The van der Waals surface area contributed by atoms with Gasteiger partial charge in [0.2, 0.25) is 0 Å². The fourth-order valence-corrected chi connectivity index (χ4v) is 2.03.